The largest absolute Gasteiger partial charge is 0.372 e. The van der Waals surface area contributed by atoms with Crippen molar-refractivity contribution in [2.45, 2.75) is 52.4 Å². The van der Waals surface area contributed by atoms with Gasteiger partial charge in [0.15, 0.2) is 5.78 Å². The molecular weight excluding hydrogens is 246 g/mol. The lowest BCUT2D eigenvalue weighted by atomic mass is 9.97. The maximum absolute atomic E-state index is 12.2. The van der Waals surface area contributed by atoms with Gasteiger partial charge in [0.05, 0.1) is 0 Å². The van der Waals surface area contributed by atoms with Gasteiger partial charge >= 0.3 is 0 Å². The Bertz CT molecular complexity index is 414. The van der Waals surface area contributed by atoms with E-state index in [0.29, 0.717) is 5.78 Å². The van der Waals surface area contributed by atoms with E-state index in [0.717, 1.165) is 37.4 Å². The molecule has 1 aromatic carbocycles. The summed E-state index contributed by atoms with van der Waals surface area (Å²) in [6, 6.07) is 8.14. The molecule has 0 atom stereocenters. The van der Waals surface area contributed by atoms with Gasteiger partial charge in [0.2, 0.25) is 0 Å². The average molecular weight is 273 g/mol. The van der Waals surface area contributed by atoms with E-state index in [4.69, 9.17) is 0 Å². The normalized spacial score (nSPS) is 15.5. The highest BCUT2D eigenvalue weighted by Crippen LogP contribution is 2.29. The molecule has 2 nitrogen and oxygen atoms in total. The first-order valence-corrected chi connectivity index (χ1v) is 8.12. The van der Waals surface area contributed by atoms with E-state index in [1.807, 2.05) is 12.1 Å². The van der Waals surface area contributed by atoms with Crippen molar-refractivity contribution in [3.63, 3.8) is 0 Å². The van der Waals surface area contributed by atoms with E-state index in [1.54, 1.807) is 0 Å². The second-order valence-corrected chi connectivity index (χ2v) is 5.83. The molecule has 2 heteroatoms. The highest BCUT2D eigenvalue weighted by atomic mass is 16.1. The van der Waals surface area contributed by atoms with E-state index in [-0.39, 0.29) is 0 Å². The monoisotopic (exact) mass is 273 g/mol. The van der Waals surface area contributed by atoms with Crippen molar-refractivity contribution in [1.29, 1.82) is 0 Å². The van der Waals surface area contributed by atoms with Gasteiger partial charge in [0.1, 0.15) is 0 Å². The quantitative estimate of drug-likeness (QED) is 0.672. The third-order valence-corrected chi connectivity index (χ3v) is 4.57. The Morgan fingerprint density at radius 1 is 1.10 bits per heavy atom. The molecule has 0 bridgehead atoms. The molecule has 0 N–H and O–H groups in total. The Morgan fingerprint density at radius 2 is 1.70 bits per heavy atom. The molecule has 1 saturated carbocycles. The van der Waals surface area contributed by atoms with Gasteiger partial charge < -0.3 is 4.90 Å². The van der Waals surface area contributed by atoms with Gasteiger partial charge in [-0.15, -0.1) is 0 Å². The molecule has 0 aliphatic heterocycles. The molecule has 1 aromatic rings. The van der Waals surface area contributed by atoms with Crippen molar-refractivity contribution in [3.8, 4) is 0 Å². The van der Waals surface area contributed by atoms with E-state index in [2.05, 4.69) is 30.9 Å². The van der Waals surface area contributed by atoms with Crippen LogP contribution in [0.4, 0.5) is 5.69 Å². The van der Waals surface area contributed by atoms with Crippen molar-refractivity contribution in [1.82, 2.24) is 0 Å². The maximum atomic E-state index is 12.2. The second kappa shape index (κ2) is 7.47. The fraction of sp³-hybridized carbons (Fsp3) is 0.611. The number of rotatable bonds is 7. The van der Waals surface area contributed by atoms with Crippen molar-refractivity contribution in [3.05, 3.63) is 29.8 Å². The molecule has 0 heterocycles. The van der Waals surface area contributed by atoms with Crippen LogP contribution in [0.5, 0.6) is 0 Å². The van der Waals surface area contributed by atoms with Crippen LogP contribution in [0.3, 0.4) is 0 Å². The lowest BCUT2D eigenvalue weighted by Crippen LogP contribution is -2.21. The summed E-state index contributed by atoms with van der Waals surface area (Å²) in [6.07, 6.45) is 7.17. The summed E-state index contributed by atoms with van der Waals surface area (Å²) in [6.45, 7) is 6.32. The van der Waals surface area contributed by atoms with Crippen molar-refractivity contribution >= 4 is 11.5 Å². The summed E-state index contributed by atoms with van der Waals surface area (Å²) >= 11 is 0. The predicted molar refractivity (Wildman–Crippen MR) is 85.5 cm³/mol. The zero-order valence-corrected chi connectivity index (χ0v) is 12.9. The molecule has 2 rings (SSSR count). The third-order valence-electron chi connectivity index (χ3n) is 4.57. The van der Waals surface area contributed by atoms with E-state index in [9.17, 15) is 4.79 Å². The van der Waals surface area contributed by atoms with E-state index < -0.39 is 0 Å². The fourth-order valence-corrected chi connectivity index (χ4v) is 3.23. The Kier molecular flexibility index (Phi) is 5.63. The standard InChI is InChI=1S/C18H27NO/c1-3-19(4-2)17-12-10-16(11-13-17)18(20)14-9-15-7-5-6-8-15/h10-13,15H,3-9,14H2,1-2H3. The number of hydrogen-bond donors (Lipinski definition) is 0. The van der Waals surface area contributed by atoms with Crippen molar-refractivity contribution in [2.75, 3.05) is 18.0 Å². The number of ketones is 1. The van der Waals surface area contributed by atoms with Crippen LogP contribution in [-0.2, 0) is 0 Å². The van der Waals surface area contributed by atoms with Gasteiger partial charge in [-0.05, 0) is 50.5 Å². The van der Waals surface area contributed by atoms with Crippen LogP contribution < -0.4 is 4.90 Å². The highest BCUT2D eigenvalue weighted by molar-refractivity contribution is 5.96. The molecule has 0 radical (unpaired) electrons. The number of anilines is 1. The van der Waals surface area contributed by atoms with Gasteiger partial charge in [0.25, 0.3) is 0 Å². The second-order valence-electron chi connectivity index (χ2n) is 5.83. The summed E-state index contributed by atoms with van der Waals surface area (Å²) < 4.78 is 0. The van der Waals surface area contributed by atoms with Crippen LogP contribution in [0.15, 0.2) is 24.3 Å². The minimum absolute atomic E-state index is 0.308. The van der Waals surface area contributed by atoms with Crippen LogP contribution in [0.1, 0.15) is 62.7 Å². The summed E-state index contributed by atoms with van der Waals surface area (Å²) in [5.74, 6) is 1.11. The predicted octanol–water partition coefficient (Wildman–Crippen LogP) is 4.69. The summed E-state index contributed by atoms with van der Waals surface area (Å²) in [5.41, 5.74) is 2.08. The molecular formula is C18H27NO. The topological polar surface area (TPSA) is 20.3 Å². The number of hydrogen-bond acceptors (Lipinski definition) is 2. The molecule has 0 spiro atoms. The Hall–Kier alpha value is -1.31. The minimum Gasteiger partial charge on any atom is -0.372 e. The number of nitrogens with zero attached hydrogens (tertiary/aromatic N) is 1. The van der Waals surface area contributed by atoms with Crippen LogP contribution in [0.25, 0.3) is 0 Å². The van der Waals surface area contributed by atoms with Gasteiger partial charge in [-0.25, -0.2) is 0 Å². The van der Waals surface area contributed by atoms with Gasteiger partial charge in [-0.2, -0.15) is 0 Å². The van der Waals surface area contributed by atoms with Crippen LogP contribution >= 0.6 is 0 Å². The molecule has 0 unspecified atom stereocenters. The summed E-state index contributed by atoms with van der Waals surface area (Å²) in [7, 11) is 0. The minimum atomic E-state index is 0.308. The van der Waals surface area contributed by atoms with Gasteiger partial charge in [-0.1, -0.05) is 25.7 Å². The Labute approximate surface area is 123 Å². The zero-order chi connectivity index (χ0) is 14.4. The number of carbonyl (C=O) groups is 1. The van der Waals surface area contributed by atoms with Crippen LogP contribution in [-0.4, -0.2) is 18.9 Å². The molecule has 110 valence electrons. The van der Waals surface area contributed by atoms with Crippen LogP contribution in [0.2, 0.25) is 0 Å². The van der Waals surface area contributed by atoms with E-state index in [1.165, 1.54) is 31.4 Å². The van der Waals surface area contributed by atoms with E-state index >= 15 is 0 Å². The molecule has 1 fully saturated rings. The highest BCUT2D eigenvalue weighted by Gasteiger charge is 2.16. The SMILES string of the molecule is CCN(CC)c1ccc(C(=O)CCC2CCCC2)cc1. The molecule has 20 heavy (non-hydrogen) atoms. The Balaban J connectivity index is 1.89. The lowest BCUT2D eigenvalue weighted by molar-refractivity contribution is 0.0974. The molecule has 0 saturated heterocycles. The van der Waals surface area contributed by atoms with Crippen molar-refractivity contribution in [2.24, 2.45) is 5.92 Å². The number of benzene rings is 1. The lowest BCUT2D eigenvalue weighted by Gasteiger charge is -2.21. The van der Waals surface area contributed by atoms with Crippen molar-refractivity contribution < 1.29 is 4.79 Å². The smallest absolute Gasteiger partial charge is 0.162 e. The van der Waals surface area contributed by atoms with Gasteiger partial charge in [-0.3, -0.25) is 4.79 Å². The Morgan fingerprint density at radius 3 is 2.25 bits per heavy atom. The first-order chi connectivity index (χ1) is 9.74. The van der Waals surface area contributed by atoms with Gasteiger partial charge in [0, 0.05) is 30.8 Å². The first kappa shape index (κ1) is 15.1. The average Bonchev–Trinajstić information content (AvgIpc) is 3.00. The molecule has 0 amide bonds. The maximum Gasteiger partial charge on any atom is 0.162 e. The number of Topliss-reactive ketones (excluding diaryl/α,β-unsaturated/α-hetero) is 1. The molecule has 1 aliphatic rings. The number of carbonyl (C=O) groups excluding carboxylic acids is 1. The fourth-order valence-electron chi connectivity index (χ4n) is 3.23. The molecule has 1 aliphatic carbocycles. The van der Waals surface area contributed by atoms with Crippen LogP contribution in [0, 0.1) is 5.92 Å². The zero-order valence-electron chi connectivity index (χ0n) is 12.9. The molecule has 0 aromatic heterocycles. The third kappa shape index (κ3) is 3.84. The summed E-state index contributed by atoms with van der Waals surface area (Å²) in [4.78, 5) is 14.5. The summed E-state index contributed by atoms with van der Waals surface area (Å²) in [5, 5.41) is 0. The first-order valence-electron chi connectivity index (χ1n) is 8.12.